The standard InChI is InChI=1S/C28H38N6O3S/c1-17-14-23(30-21(5)25(17)26(29)35)7-6-18(2)33-11-8-24(9-12-33)34(15-22-10-13-38-16-22)28(36)31-27-19(3)20(4)32-37-27/h10,13-14,16,18,24H,6-9,11-12,15H2,1-5H3,(H2,29,35)(H,31,36)/t18-/m1/s1. The number of carbonyl (C=O) groups is 2. The van der Waals surface area contributed by atoms with Gasteiger partial charge in [-0.2, -0.15) is 11.3 Å². The van der Waals surface area contributed by atoms with Crippen LogP contribution in [0.4, 0.5) is 10.7 Å². The molecule has 204 valence electrons. The molecule has 0 bridgehead atoms. The van der Waals surface area contributed by atoms with Crippen LogP contribution in [-0.4, -0.2) is 57.1 Å². The molecule has 3 N–H and O–H groups in total. The number of aryl methyl sites for hydroxylation is 4. The molecule has 1 aliphatic rings. The predicted octanol–water partition coefficient (Wildman–Crippen LogP) is 4.98. The molecule has 4 rings (SSSR count). The molecule has 1 fully saturated rings. The van der Waals surface area contributed by atoms with Gasteiger partial charge in [0, 0.05) is 43.0 Å². The third-order valence-corrected chi connectivity index (χ3v) is 8.38. The van der Waals surface area contributed by atoms with E-state index >= 15 is 0 Å². The quantitative estimate of drug-likeness (QED) is 0.397. The number of pyridine rings is 1. The second-order valence-corrected chi connectivity index (χ2v) is 11.1. The summed E-state index contributed by atoms with van der Waals surface area (Å²) in [5.74, 6) is -0.0140. The fraction of sp³-hybridized carbons (Fsp3) is 0.500. The molecule has 1 atom stereocenters. The number of nitrogens with one attached hydrogen (secondary N) is 1. The molecule has 9 nitrogen and oxygen atoms in total. The average molecular weight is 539 g/mol. The molecule has 3 amide bonds. The molecule has 0 spiro atoms. The SMILES string of the molecule is Cc1cc(CC[C@@H](C)N2CCC(N(Cc3ccsc3)C(=O)Nc3onc(C)c3C)CC2)nc(C)c1C(N)=O. The van der Waals surface area contributed by atoms with Crippen molar-refractivity contribution in [2.24, 2.45) is 5.73 Å². The summed E-state index contributed by atoms with van der Waals surface area (Å²) in [5, 5.41) is 11.0. The molecular weight excluding hydrogens is 500 g/mol. The number of amides is 3. The number of nitrogens with two attached hydrogens (primary N) is 1. The van der Waals surface area contributed by atoms with E-state index in [1.165, 1.54) is 0 Å². The number of rotatable bonds is 9. The Balaban J connectivity index is 1.36. The molecule has 0 aromatic carbocycles. The van der Waals surface area contributed by atoms with E-state index in [4.69, 9.17) is 10.3 Å². The molecular formula is C28H38N6O3S. The number of urea groups is 1. The molecule has 0 unspecified atom stereocenters. The zero-order valence-electron chi connectivity index (χ0n) is 22.9. The summed E-state index contributed by atoms with van der Waals surface area (Å²) in [6.07, 6.45) is 3.61. The first-order valence-corrected chi connectivity index (χ1v) is 14.1. The van der Waals surface area contributed by atoms with Gasteiger partial charge in [0.15, 0.2) is 0 Å². The van der Waals surface area contributed by atoms with Crippen LogP contribution in [-0.2, 0) is 13.0 Å². The number of anilines is 1. The normalized spacial score (nSPS) is 15.4. The maximum Gasteiger partial charge on any atom is 0.324 e. The fourth-order valence-corrected chi connectivity index (χ4v) is 5.90. The van der Waals surface area contributed by atoms with Gasteiger partial charge >= 0.3 is 6.03 Å². The third kappa shape index (κ3) is 6.42. The van der Waals surface area contributed by atoms with Gasteiger partial charge < -0.3 is 20.1 Å². The van der Waals surface area contributed by atoms with Crippen molar-refractivity contribution in [1.82, 2.24) is 19.9 Å². The fourth-order valence-electron chi connectivity index (χ4n) is 5.24. The number of thiophene rings is 1. The van der Waals surface area contributed by atoms with E-state index in [1.54, 1.807) is 11.3 Å². The Hall–Kier alpha value is -3.24. The highest BCUT2D eigenvalue weighted by Crippen LogP contribution is 2.25. The van der Waals surface area contributed by atoms with Crippen molar-refractivity contribution in [3.63, 3.8) is 0 Å². The lowest BCUT2D eigenvalue weighted by Crippen LogP contribution is -2.50. The van der Waals surface area contributed by atoms with E-state index in [9.17, 15) is 9.59 Å². The van der Waals surface area contributed by atoms with Crippen LogP contribution in [0.5, 0.6) is 0 Å². The highest BCUT2D eigenvalue weighted by Gasteiger charge is 2.30. The van der Waals surface area contributed by atoms with Crippen LogP contribution in [0.25, 0.3) is 0 Å². The number of likely N-dealkylation sites (tertiary alicyclic amines) is 1. The Kier molecular flexibility index (Phi) is 8.83. The summed E-state index contributed by atoms with van der Waals surface area (Å²) >= 11 is 1.64. The lowest BCUT2D eigenvalue weighted by molar-refractivity contribution is 0.0986. The Morgan fingerprint density at radius 3 is 2.55 bits per heavy atom. The van der Waals surface area contributed by atoms with Crippen LogP contribution in [0.15, 0.2) is 27.4 Å². The first-order chi connectivity index (χ1) is 18.1. The Morgan fingerprint density at radius 1 is 1.24 bits per heavy atom. The van der Waals surface area contributed by atoms with Crippen molar-refractivity contribution in [1.29, 1.82) is 0 Å². The zero-order chi connectivity index (χ0) is 27.4. The molecule has 1 saturated heterocycles. The van der Waals surface area contributed by atoms with Crippen molar-refractivity contribution in [2.75, 3.05) is 18.4 Å². The topological polar surface area (TPSA) is 118 Å². The lowest BCUT2D eigenvalue weighted by Gasteiger charge is -2.40. The van der Waals surface area contributed by atoms with E-state index in [0.717, 1.165) is 66.9 Å². The highest BCUT2D eigenvalue weighted by atomic mass is 32.1. The molecule has 0 saturated carbocycles. The maximum atomic E-state index is 13.4. The largest absolute Gasteiger partial charge is 0.366 e. The molecule has 0 radical (unpaired) electrons. The van der Waals surface area contributed by atoms with Crippen molar-refractivity contribution in [2.45, 2.75) is 78.9 Å². The number of hydrogen-bond donors (Lipinski definition) is 2. The first kappa shape index (κ1) is 27.8. The number of hydrogen-bond acceptors (Lipinski definition) is 7. The van der Waals surface area contributed by atoms with Gasteiger partial charge in [0.1, 0.15) is 0 Å². The van der Waals surface area contributed by atoms with Crippen LogP contribution in [0.1, 0.15) is 70.3 Å². The third-order valence-electron chi connectivity index (χ3n) is 7.65. The minimum absolute atomic E-state index is 0.135. The van der Waals surface area contributed by atoms with Crippen LogP contribution in [0.3, 0.4) is 0 Å². The monoisotopic (exact) mass is 538 g/mol. The van der Waals surface area contributed by atoms with Gasteiger partial charge in [-0.25, -0.2) is 4.79 Å². The zero-order valence-corrected chi connectivity index (χ0v) is 23.7. The van der Waals surface area contributed by atoms with Crippen LogP contribution in [0, 0.1) is 27.7 Å². The lowest BCUT2D eigenvalue weighted by atomic mass is 9.99. The Bertz CT molecular complexity index is 1240. The second-order valence-electron chi connectivity index (χ2n) is 10.3. The summed E-state index contributed by atoms with van der Waals surface area (Å²) in [6, 6.07) is 4.41. The number of piperidine rings is 1. The molecule has 38 heavy (non-hydrogen) atoms. The summed E-state index contributed by atoms with van der Waals surface area (Å²) in [6.45, 7) is 12.2. The second kappa shape index (κ2) is 12.1. The summed E-state index contributed by atoms with van der Waals surface area (Å²) in [4.78, 5) is 34.1. The predicted molar refractivity (Wildman–Crippen MR) is 149 cm³/mol. The average Bonchev–Trinajstić information content (AvgIpc) is 3.51. The van der Waals surface area contributed by atoms with E-state index < -0.39 is 5.91 Å². The number of nitrogens with zero attached hydrogens (tertiary/aromatic N) is 4. The van der Waals surface area contributed by atoms with E-state index in [-0.39, 0.29) is 12.1 Å². The molecule has 1 aliphatic heterocycles. The molecule has 10 heteroatoms. The number of primary amides is 1. The van der Waals surface area contributed by atoms with Crippen molar-refractivity contribution >= 4 is 29.2 Å². The molecule has 4 heterocycles. The van der Waals surface area contributed by atoms with Gasteiger partial charge in [-0.05, 0) is 94.3 Å². The van der Waals surface area contributed by atoms with E-state index in [1.807, 2.05) is 44.0 Å². The summed E-state index contributed by atoms with van der Waals surface area (Å²) in [7, 11) is 0. The van der Waals surface area contributed by atoms with Gasteiger partial charge in [-0.3, -0.25) is 15.1 Å². The number of aromatic nitrogens is 2. The summed E-state index contributed by atoms with van der Waals surface area (Å²) < 4.78 is 5.34. The van der Waals surface area contributed by atoms with Crippen molar-refractivity contribution in [3.8, 4) is 0 Å². The summed E-state index contributed by atoms with van der Waals surface area (Å²) in [5.41, 5.74) is 11.3. The molecule has 3 aromatic heterocycles. The van der Waals surface area contributed by atoms with Crippen LogP contribution < -0.4 is 11.1 Å². The van der Waals surface area contributed by atoms with Gasteiger partial charge in [0.25, 0.3) is 5.91 Å². The van der Waals surface area contributed by atoms with E-state index in [2.05, 4.69) is 38.7 Å². The smallest absolute Gasteiger partial charge is 0.324 e. The van der Waals surface area contributed by atoms with Crippen molar-refractivity contribution in [3.05, 3.63) is 62.2 Å². The Labute approximate surface area is 228 Å². The minimum Gasteiger partial charge on any atom is -0.366 e. The van der Waals surface area contributed by atoms with Crippen LogP contribution >= 0.6 is 11.3 Å². The maximum absolute atomic E-state index is 13.4. The van der Waals surface area contributed by atoms with Gasteiger partial charge in [-0.1, -0.05) is 5.16 Å². The van der Waals surface area contributed by atoms with Gasteiger partial charge in [0.2, 0.25) is 5.88 Å². The minimum atomic E-state index is -0.428. The molecule has 3 aromatic rings. The van der Waals surface area contributed by atoms with Crippen molar-refractivity contribution < 1.29 is 14.1 Å². The van der Waals surface area contributed by atoms with Crippen LogP contribution in [0.2, 0.25) is 0 Å². The number of carbonyl (C=O) groups excluding carboxylic acids is 2. The van der Waals surface area contributed by atoms with E-state index in [0.29, 0.717) is 29.7 Å². The van der Waals surface area contributed by atoms with Gasteiger partial charge in [-0.15, -0.1) is 0 Å². The first-order valence-electron chi connectivity index (χ1n) is 13.2. The Morgan fingerprint density at radius 2 is 1.97 bits per heavy atom. The molecule has 0 aliphatic carbocycles. The van der Waals surface area contributed by atoms with Gasteiger partial charge in [0.05, 0.1) is 17.0 Å². The highest BCUT2D eigenvalue weighted by molar-refractivity contribution is 7.07.